The minimum atomic E-state index is -0.941. The first-order valence-corrected chi connectivity index (χ1v) is 9.76. The maximum atomic E-state index is 13.1. The smallest absolute Gasteiger partial charge is 0.337 e. The zero-order valence-corrected chi connectivity index (χ0v) is 16.8. The van der Waals surface area contributed by atoms with Crippen LogP contribution in [-0.2, 0) is 9.53 Å². The van der Waals surface area contributed by atoms with Crippen molar-refractivity contribution in [3.05, 3.63) is 80.9 Å². The lowest BCUT2D eigenvalue weighted by atomic mass is 9.94. The van der Waals surface area contributed by atoms with Crippen LogP contribution in [0.4, 0.5) is 5.82 Å². The first kappa shape index (κ1) is 19.6. The Bertz CT molecular complexity index is 1160. The number of hydrogen-bond acceptors (Lipinski definition) is 8. The number of esters is 1. The molecule has 0 saturated carbocycles. The molecule has 0 fully saturated rings. The van der Waals surface area contributed by atoms with Crippen LogP contribution in [-0.4, -0.2) is 35.0 Å². The van der Waals surface area contributed by atoms with Crippen molar-refractivity contribution >= 4 is 34.8 Å². The number of thiophene rings is 1. The van der Waals surface area contributed by atoms with Crippen molar-refractivity contribution in [2.45, 2.75) is 13.0 Å². The van der Waals surface area contributed by atoms with Gasteiger partial charge in [0.15, 0.2) is 11.6 Å². The Morgan fingerprint density at radius 3 is 2.53 bits per heavy atom. The molecule has 152 valence electrons. The normalized spacial score (nSPS) is 16.3. The second-order valence-electron chi connectivity index (χ2n) is 6.56. The summed E-state index contributed by atoms with van der Waals surface area (Å²) in [5.41, 5.74) is 0.767. The maximum absolute atomic E-state index is 13.1. The Kier molecular flexibility index (Phi) is 4.96. The van der Waals surface area contributed by atoms with Gasteiger partial charge in [-0.15, -0.1) is 11.3 Å². The number of ether oxygens (including phenoxy) is 1. The van der Waals surface area contributed by atoms with E-state index in [1.807, 2.05) is 0 Å². The molecule has 0 saturated heterocycles. The van der Waals surface area contributed by atoms with E-state index in [-0.39, 0.29) is 11.4 Å². The molecular formula is C21H16N2O6S. The number of aryl methyl sites for hydroxylation is 1. The number of hydrogen-bond donors (Lipinski definition) is 1. The van der Waals surface area contributed by atoms with Crippen LogP contribution in [0.15, 0.2) is 63.7 Å². The molecule has 0 aliphatic carbocycles. The lowest BCUT2D eigenvalue weighted by Gasteiger charge is -2.24. The molecule has 8 nitrogen and oxygen atoms in total. The van der Waals surface area contributed by atoms with Gasteiger partial charge in [-0.05, 0) is 36.1 Å². The topological polar surface area (TPSA) is 110 Å². The number of amides is 1. The van der Waals surface area contributed by atoms with E-state index in [2.05, 4.69) is 5.16 Å². The zero-order valence-electron chi connectivity index (χ0n) is 16.0. The van der Waals surface area contributed by atoms with Crippen molar-refractivity contribution in [3.63, 3.8) is 0 Å². The molecule has 3 heterocycles. The fraction of sp³-hybridized carbons (Fsp3) is 0.143. The summed E-state index contributed by atoms with van der Waals surface area (Å²) in [6.45, 7) is 1.67. The van der Waals surface area contributed by atoms with E-state index in [0.717, 1.165) is 0 Å². The molecule has 0 bridgehead atoms. The minimum Gasteiger partial charge on any atom is -0.503 e. The zero-order chi connectivity index (χ0) is 21.4. The third kappa shape index (κ3) is 3.18. The summed E-state index contributed by atoms with van der Waals surface area (Å²) in [7, 11) is 1.28. The molecule has 1 aliphatic heterocycles. The van der Waals surface area contributed by atoms with Gasteiger partial charge in [0.25, 0.3) is 5.91 Å². The summed E-state index contributed by atoms with van der Waals surface area (Å²) in [5.74, 6) is -1.74. The van der Waals surface area contributed by atoms with Gasteiger partial charge in [-0.3, -0.25) is 14.5 Å². The van der Waals surface area contributed by atoms with Crippen LogP contribution in [0.25, 0.3) is 0 Å². The van der Waals surface area contributed by atoms with Crippen LogP contribution in [0.1, 0.15) is 37.4 Å². The minimum absolute atomic E-state index is 0.0612. The van der Waals surface area contributed by atoms with E-state index in [1.165, 1.54) is 35.5 Å². The van der Waals surface area contributed by atoms with Crippen molar-refractivity contribution in [3.8, 4) is 0 Å². The highest BCUT2D eigenvalue weighted by atomic mass is 32.1. The van der Waals surface area contributed by atoms with Gasteiger partial charge >= 0.3 is 5.97 Å². The molecule has 1 N–H and O–H groups in total. The van der Waals surface area contributed by atoms with Gasteiger partial charge < -0.3 is 14.4 Å². The quantitative estimate of drug-likeness (QED) is 0.492. The highest BCUT2D eigenvalue weighted by Crippen LogP contribution is 2.42. The number of carbonyl (C=O) groups is 3. The van der Waals surface area contributed by atoms with E-state index < -0.39 is 29.5 Å². The van der Waals surface area contributed by atoms with E-state index in [9.17, 15) is 19.5 Å². The molecule has 2 aromatic heterocycles. The number of carbonyl (C=O) groups excluding carboxylic acids is 3. The van der Waals surface area contributed by atoms with Gasteiger partial charge in [-0.25, -0.2) is 4.79 Å². The van der Waals surface area contributed by atoms with Crippen LogP contribution in [0.2, 0.25) is 0 Å². The monoisotopic (exact) mass is 424 g/mol. The van der Waals surface area contributed by atoms with E-state index >= 15 is 0 Å². The molecule has 3 aromatic rings. The number of methoxy groups -OCH3 is 1. The van der Waals surface area contributed by atoms with Crippen LogP contribution < -0.4 is 4.90 Å². The average Bonchev–Trinajstić information content (AvgIpc) is 3.48. The van der Waals surface area contributed by atoms with Gasteiger partial charge in [0, 0.05) is 6.07 Å². The first-order chi connectivity index (χ1) is 14.4. The SMILES string of the molecule is COC(=O)c1ccc([C@H]2C(C(=O)c3cccs3)=C(O)C(=O)N2c2cc(C)on2)cc1. The number of benzene rings is 1. The summed E-state index contributed by atoms with van der Waals surface area (Å²) in [5, 5.41) is 16.2. The Labute approximate surface area is 175 Å². The fourth-order valence-corrected chi connectivity index (χ4v) is 3.99. The molecule has 1 atom stereocenters. The van der Waals surface area contributed by atoms with Crippen molar-refractivity contribution in [2.24, 2.45) is 0 Å². The van der Waals surface area contributed by atoms with E-state index in [4.69, 9.17) is 9.26 Å². The summed E-state index contributed by atoms with van der Waals surface area (Å²) >= 11 is 1.21. The number of aliphatic hydroxyl groups is 1. The number of nitrogens with zero attached hydrogens (tertiary/aromatic N) is 2. The predicted octanol–water partition coefficient (Wildman–Crippen LogP) is 3.61. The van der Waals surface area contributed by atoms with Crippen LogP contribution >= 0.6 is 11.3 Å². The van der Waals surface area contributed by atoms with Crippen molar-refractivity contribution in [1.29, 1.82) is 0 Å². The van der Waals surface area contributed by atoms with Crippen LogP contribution in [0.5, 0.6) is 0 Å². The first-order valence-electron chi connectivity index (χ1n) is 8.89. The molecule has 0 radical (unpaired) electrons. The standard InChI is InChI=1S/C21H16N2O6S/c1-11-10-15(22-29-11)23-17(12-5-7-13(8-6-12)21(27)28-2)16(19(25)20(23)26)18(24)14-4-3-9-30-14/h3-10,17,25H,1-2H3/t17-/m0/s1. The van der Waals surface area contributed by atoms with Crippen LogP contribution in [0.3, 0.4) is 0 Å². The number of ketones is 1. The van der Waals surface area contributed by atoms with Crippen molar-refractivity contribution in [2.75, 3.05) is 12.0 Å². The van der Waals surface area contributed by atoms with Crippen molar-refractivity contribution < 1.29 is 28.8 Å². The fourth-order valence-electron chi connectivity index (χ4n) is 3.32. The second-order valence-corrected chi connectivity index (χ2v) is 7.50. The summed E-state index contributed by atoms with van der Waals surface area (Å²) < 4.78 is 9.80. The summed E-state index contributed by atoms with van der Waals surface area (Å²) in [4.78, 5) is 39.4. The molecule has 1 aliphatic rings. The second kappa shape index (κ2) is 7.60. The number of Topliss-reactive ketones (excluding diaryl/α,β-unsaturated/α-hetero) is 1. The third-order valence-electron chi connectivity index (χ3n) is 4.71. The predicted molar refractivity (Wildman–Crippen MR) is 108 cm³/mol. The number of aliphatic hydroxyl groups excluding tert-OH is 1. The third-order valence-corrected chi connectivity index (χ3v) is 5.58. The molecule has 30 heavy (non-hydrogen) atoms. The highest BCUT2D eigenvalue weighted by Gasteiger charge is 2.46. The van der Waals surface area contributed by atoms with Gasteiger partial charge in [0.05, 0.1) is 29.2 Å². The maximum Gasteiger partial charge on any atom is 0.337 e. The van der Waals surface area contributed by atoms with Gasteiger partial charge in [-0.2, -0.15) is 0 Å². The Hall–Kier alpha value is -3.72. The molecule has 4 rings (SSSR count). The summed E-state index contributed by atoms with van der Waals surface area (Å²) in [6, 6.07) is 10.2. The van der Waals surface area contributed by atoms with Gasteiger partial charge in [-0.1, -0.05) is 23.4 Å². The van der Waals surface area contributed by atoms with Gasteiger partial charge in [0.1, 0.15) is 5.76 Å². The number of aromatic nitrogens is 1. The Morgan fingerprint density at radius 2 is 1.97 bits per heavy atom. The van der Waals surface area contributed by atoms with Gasteiger partial charge in [0.2, 0.25) is 5.78 Å². The molecule has 9 heteroatoms. The molecule has 0 spiro atoms. The molecule has 1 aromatic carbocycles. The molecule has 1 amide bonds. The largest absolute Gasteiger partial charge is 0.503 e. The number of anilines is 1. The lowest BCUT2D eigenvalue weighted by molar-refractivity contribution is -0.117. The Morgan fingerprint density at radius 1 is 1.23 bits per heavy atom. The average molecular weight is 424 g/mol. The summed E-state index contributed by atoms with van der Waals surface area (Å²) in [6.07, 6.45) is 0. The molecular weight excluding hydrogens is 408 g/mol. The highest BCUT2D eigenvalue weighted by molar-refractivity contribution is 7.12. The van der Waals surface area contributed by atoms with Crippen LogP contribution in [0, 0.1) is 6.92 Å². The van der Waals surface area contributed by atoms with Crippen molar-refractivity contribution in [1.82, 2.24) is 5.16 Å². The van der Waals surface area contributed by atoms with E-state index in [1.54, 1.807) is 42.6 Å². The van der Waals surface area contributed by atoms with E-state index in [0.29, 0.717) is 21.8 Å². The molecule has 0 unspecified atom stereocenters. The Balaban J connectivity index is 1.84. The lowest BCUT2D eigenvalue weighted by Crippen LogP contribution is -2.31. The number of rotatable bonds is 5.